The highest BCUT2D eigenvalue weighted by Gasteiger charge is 2.04. The minimum atomic E-state index is -0.474. The van der Waals surface area contributed by atoms with Crippen LogP contribution in [0.2, 0.25) is 0 Å². The molecule has 6 nitrogen and oxygen atoms in total. The second-order valence-corrected chi connectivity index (χ2v) is 3.37. The van der Waals surface area contributed by atoms with Crippen molar-refractivity contribution in [3.8, 4) is 0 Å². The minimum Gasteiger partial charge on any atom is -0.366 e. The van der Waals surface area contributed by atoms with Crippen LogP contribution in [0.3, 0.4) is 0 Å². The molecular weight excluding hydrogens is 220 g/mol. The summed E-state index contributed by atoms with van der Waals surface area (Å²) in [7, 11) is 0. The second kappa shape index (κ2) is 5.02. The fourth-order valence-electron chi connectivity index (χ4n) is 1.29. The molecule has 0 bridgehead atoms. The maximum atomic E-state index is 10.4. The molecule has 0 aliphatic rings. The Balaban J connectivity index is 1.98. The molecule has 0 saturated heterocycles. The molecule has 6 heteroatoms. The number of anilines is 1. The third-order valence-electron chi connectivity index (χ3n) is 2.16. The number of nitrogens with one attached hydrogen (secondary N) is 1. The van der Waals surface area contributed by atoms with Crippen LogP contribution in [0.4, 0.5) is 11.5 Å². The molecular formula is C11H10N4O2. The van der Waals surface area contributed by atoms with Gasteiger partial charge in [-0.15, -0.1) is 0 Å². The van der Waals surface area contributed by atoms with Crippen LogP contribution < -0.4 is 5.32 Å². The molecule has 2 rings (SSSR count). The van der Waals surface area contributed by atoms with Gasteiger partial charge in [0.25, 0.3) is 5.69 Å². The van der Waals surface area contributed by atoms with E-state index in [1.54, 1.807) is 18.5 Å². The van der Waals surface area contributed by atoms with Crippen LogP contribution in [0.25, 0.3) is 0 Å². The Morgan fingerprint density at radius 3 is 2.76 bits per heavy atom. The minimum absolute atomic E-state index is 0.0167. The highest BCUT2D eigenvalue weighted by molar-refractivity contribution is 5.40. The molecule has 0 fully saturated rings. The summed E-state index contributed by atoms with van der Waals surface area (Å²) in [5, 5.41) is 13.5. The molecule has 1 N–H and O–H groups in total. The van der Waals surface area contributed by atoms with Gasteiger partial charge in [-0.25, -0.2) is 4.98 Å². The van der Waals surface area contributed by atoms with Crippen LogP contribution in [-0.4, -0.2) is 14.9 Å². The predicted molar refractivity (Wildman–Crippen MR) is 62.5 cm³/mol. The average Bonchev–Trinajstić information content (AvgIpc) is 2.38. The SMILES string of the molecule is O=[N+]([O-])c1ccc(NCc2cccnc2)nc1. The zero-order valence-corrected chi connectivity index (χ0v) is 8.91. The summed E-state index contributed by atoms with van der Waals surface area (Å²) in [6.07, 6.45) is 4.68. The van der Waals surface area contributed by atoms with E-state index in [0.717, 1.165) is 5.56 Å². The van der Waals surface area contributed by atoms with Gasteiger partial charge in [0, 0.05) is 25.0 Å². The fraction of sp³-hybridized carbons (Fsp3) is 0.0909. The Bertz CT molecular complexity index is 499. The quantitative estimate of drug-likeness (QED) is 0.641. The van der Waals surface area contributed by atoms with E-state index in [1.165, 1.54) is 12.3 Å². The summed E-state index contributed by atoms with van der Waals surface area (Å²) in [5.41, 5.74) is 1.00. The summed E-state index contributed by atoms with van der Waals surface area (Å²) in [6.45, 7) is 0.582. The van der Waals surface area contributed by atoms with Crippen LogP contribution >= 0.6 is 0 Å². The van der Waals surface area contributed by atoms with Crippen molar-refractivity contribution in [2.45, 2.75) is 6.54 Å². The van der Waals surface area contributed by atoms with Gasteiger partial charge in [0.1, 0.15) is 12.0 Å². The molecule has 2 aromatic heterocycles. The molecule has 0 spiro atoms. The first-order valence-electron chi connectivity index (χ1n) is 4.99. The van der Waals surface area contributed by atoms with Gasteiger partial charge in [0.05, 0.1) is 4.92 Å². The number of hydrogen-bond donors (Lipinski definition) is 1. The van der Waals surface area contributed by atoms with Crippen molar-refractivity contribution in [2.75, 3.05) is 5.32 Å². The summed E-state index contributed by atoms with van der Waals surface area (Å²) < 4.78 is 0. The van der Waals surface area contributed by atoms with E-state index in [9.17, 15) is 10.1 Å². The number of pyridine rings is 2. The third-order valence-corrected chi connectivity index (χ3v) is 2.16. The molecule has 0 saturated carbocycles. The molecule has 0 aliphatic carbocycles. The van der Waals surface area contributed by atoms with Crippen LogP contribution in [0.1, 0.15) is 5.56 Å². The zero-order valence-electron chi connectivity index (χ0n) is 8.91. The molecule has 0 atom stereocenters. The number of rotatable bonds is 4. The Morgan fingerprint density at radius 2 is 2.18 bits per heavy atom. The van der Waals surface area contributed by atoms with Crippen LogP contribution in [0, 0.1) is 10.1 Å². The molecule has 0 unspecified atom stereocenters. The lowest BCUT2D eigenvalue weighted by Crippen LogP contribution is -2.01. The van der Waals surface area contributed by atoms with Gasteiger partial charge in [-0.1, -0.05) is 6.07 Å². The van der Waals surface area contributed by atoms with E-state index in [1.807, 2.05) is 12.1 Å². The highest BCUT2D eigenvalue weighted by Crippen LogP contribution is 2.12. The maximum Gasteiger partial charge on any atom is 0.287 e. The van der Waals surface area contributed by atoms with Gasteiger partial charge >= 0.3 is 0 Å². The van der Waals surface area contributed by atoms with E-state index in [0.29, 0.717) is 12.4 Å². The van der Waals surface area contributed by atoms with Crippen molar-refractivity contribution in [2.24, 2.45) is 0 Å². The zero-order chi connectivity index (χ0) is 12.1. The Labute approximate surface area is 97.5 Å². The van der Waals surface area contributed by atoms with E-state index in [4.69, 9.17) is 0 Å². The molecule has 0 amide bonds. The lowest BCUT2D eigenvalue weighted by Gasteiger charge is -2.04. The van der Waals surface area contributed by atoms with Gasteiger partial charge in [-0.3, -0.25) is 15.1 Å². The third kappa shape index (κ3) is 2.97. The van der Waals surface area contributed by atoms with Gasteiger partial charge in [0.2, 0.25) is 0 Å². The molecule has 0 radical (unpaired) electrons. The summed E-state index contributed by atoms with van der Waals surface area (Å²) >= 11 is 0. The van der Waals surface area contributed by atoms with Gasteiger partial charge in [-0.05, 0) is 17.7 Å². The first-order valence-corrected chi connectivity index (χ1v) is 4.99. The van der Waals surface area contributed by atoms with E-state index < -0.39 is 4.92 Å². The van der Waals surface area contributed by atoms with E-state index in [2.05, 4.69) is 15.3 Å². The normalized spacial score (nSPS) is 9.88. The van der Waals surface area contributed by atoms with E-state index >= 15 is 0 Å². The first-order chi connectivity index (χ1) is 8.25. The second-order valence-electron chi connectivity index (χ2n) is 3.37. The van der Waals surface area contributed by atoms with Crippen molar-refractivity contribution in [1.29, 1.82) is 0 Å². The monoisotopic (exact) mass is 230 g/mol. The van der Waals surface area contributed by atoms with Crippen molar-refractivity contribution >= 4 is 11.5 Å². The lowest BCUT2D eigenvalue weighted by atomic mass is 10.3. The van der Waals surface area contributed by atoms with Crippen LogP contribution in [-0.2, 0) is 6.54 Å². The number of nitro groups is 1. The molecule has 2 aromatic rings. The van der Waals surface area contributed by atoms with Crippen LogP contribution in [0.5, 0.6) is 0 Å². The van der Waals surface area contributed by atoms with Crippen molar-refractivity contribution < 1.29 is 4.92 Å². The topological polar surface area (TPSA) is 81.0 Å². The highest BCUT2D eigenvalue weighted by atomic mass is 16.6. The standard InChI is InChI=1S/C11H10N4O2/c16-15(17)10-3-4-11(14-8-10)13-7-9-2-1-5-12-6-9/h1-6,8H,7H2,(H,13,14). The van der Waals surface area contributed by atoms with Crippen molar-refractivity contribution in [3.63, 3.8) is 0 Å². The van der Waals surface area contributed by atoms with Crippen LogP contribution in [0.15, 0.2) is 42.9 Å². The van der Waals surface area contributed by atoms with Gasteiger partial charge in [0.15, 0.2) is 0 Å². The smallest absolute Gasteiger partial charge is 0.287 e. The Kier molecular flexibility index (Phi) is 3.25. The Morgan fingerprint density at radius 1 is 1.29 bits per heavy atom. The predicted octanol–water partition coefficient (Wildman–Crippen LogP) is 2.00. The Hall–Kier alpha value is -2.50. The molecule has 86 valence electrons. The molecule has 2 heterocycles. The van der Waals surface area contributed by atoms with Crippen molar-refractivity contribution in [1.82, 2.24) is 9.97 Å². The summed E-state index contributed by atoms with van der Waals surface area (Å²) in [6, 6.07) is 6.78. The first kappa shape index (κ1) is 11.0. The summed E-state index contributed by atoms with van der Waals surface area (Å²) in [4.78, 5) is 17.9. The van der Waals surface area contributed by atoms with Gasteiger partial charge < -0.3 is 5.32 Å². The average molecular weight is 230 g/mol. The number of nitrogens with zero attached hydrogens (tertiary/aromatic N) is 3. The summed E-state index contributed by atoms with van der Waals surface area (Å²) in [5.74, 6) is 0.597. The molecule has 17 heavy (non-hydrogen) atoms. The molecule has 0 aliphatic heterocycles. The largest absolute Gasteiger partial charge is 0.366 e. The number of aromatic nitrogens is 2. The lowest BCUT2D eigenvalue weighted by molar-refractivity contribution is -0.385. The fourth-order valence-corrected chi connectivity index (χ4v) is 1.29. The van der Waals surface area contributed by atoms with E-state index in [-0.39, 0.29) is 5.69 Å². The van der Waals surface area contributed by atoms with Gasteiger partial charge in [-0.2, -0.15) is 0 Å². The molecule has 0 aromatic carbocycles. The van der Waals surface area contributed by atoms with Crippen molar-refractivity contribution in [3.05, 3.63) is 58.5 Å². The number of hydrogen-bond acceptors (Lipinski definition) is 5. The maximum absolute atomic E-state index is 10.4.